The van der Waals surface area contributed by atoms with Gasteiger partial charge in [0.1, 0.15) is 0 Å². The number of carbonyl (C=O) groups excluding carboxylic acids is 1. The zero-order valence-electron chi connectivity index (χ0n) is 13.5. The normalized spacial score (nSPS) is 17.4. The van der Waals surface area contributed by atoms with Crippen LogP contribution in [0.3, 0.4) is 0 Å². The Hall–Kier alpha value is -1.88. The van der Waals surface area contributed by atoms with E-state index in [1.165, 1.54) is 5.56 Å². The highest BCUT2D eigenvalue weighted by Crippen LogP contribution is 2.26. The molecule has 1 aliphatic heterocycles. The van der Waals surface area contributed by atoms with Crippen molar-refractivity contribution in [1.82, 2.24) is 10.3 Å². The highest BCUT2D eigenvalue weighted by atomic mass is 32.1. The highest BCUT2D eigenvalue weighted by molar-refractivity contribution is 7.13. The zero-order valence-corrected chi connectivity index (χ0v) is 14.3. The Morgan fingerprint density at radius 3 is 2.91 bits per heavy atom. The van der Waals surface area contributed by atoms with E-state index < -0.39 is 0 Å². The predicted molar refractivity (Wildman–Crippen MR) is 95.3 cm³/mol. The average Bonchev–Trinajstić information content (AvgIpc) is 3.24. The minimum atomic E-state index is 0.0130. The van der Waals surface area contributed by atoms with E-state index in [0.29, 0.717) is 12.6 Å². The van der Waals surface area contributed by atoms with Gasteiger partial charge >= 0.3 is 0 Å². The number of aryl methyl sites for hydroxylation is 1. The van der Waals surface area contributed by atoms with Gasteiger partial charge in [-0.3, -0.25) is 4.79 Å². The van der Waals surface area contributed by atoms with Gasteiger partial charge in [-0.2, -0.15) is 0 Å². The SMILES string of the molecule is CCCc1ccc(C(=O)NCC2CCCN2c2nccs2)cc1. The molecule has 3 rings (SSSR count). The first-order valence-electron chi connectivity index (χ1n) is 8.31. The number of benzene rings is 1. The van der Waals surface area contributed by atoms with Gasteiger partial charge in [0.15, 0.2) is 5.13 Å². The second-order valence-electron chi connectivity index (χ2n) is 5.96. The Bertz CT molecular complexity index is 624. The van der Waals surface area contributed by atoms with Gasteiger partial charge in [-0.15, -0.1) is 11.3 Å². The van der Waals surface area contributed by atoms with Crippen molar-refractivity contribution in [3.63, 3.8) is 0 Å². The molecule has 1 saturated heterocycles. The first-order chi connectivity index (χ1) is 11.3. The van der Waals surface area contributed by atoms with Crippen LogP contribution in [0.5, 0.6) is 0 Å². The van der Waals surface area contributed by atoms with Crippen LogP contribution < -0.4 is 10.2 Å². The van der Waals surface area contributed by atoms with Crippen molar-refractivity contribution in [2.24, 2.45) is 0 Å². The first kappa shape index (κ1) is 16.0. The first-order valence-corrected chi connectivity index (χ1v) is 9.19. The molecule has 5 heteroatoms. The van der Waals surface area contributed by atoms with Gasteiger partial charge in [-0.25, -0.2) is 4.98 Å². The van der Waals surface area contributed by atoms with E-state index in [4.69, 9.17) is 0 Å². The number of carbonyl (C=O) groups is 1. The lowest BCUT2D eigenvalue weighted by Crippen LogP contribution is -2.40. The summed E-state index contributed by atoms with van der Waals surface area (Å²) in [6.45, 7) is 3.87. The minimum Gasteiger partial charge on any atom is -0.350 e. The fourth-order valence-corrected chi connectivity index (χ4v) is 3.82. The number of thiazole rings is 1. The summed E-state index contributed by atoms with van der Waals surface area (Å²) in [5.74, 6) is 0.0130. The number of hydrogen-bond acceptors (Lipinski definition) is 4. The summed E-state index contributed by atoms with van der Waals surface area (Å²) < 4.78 is 0. The molecule has 23 heavy (non-hydrogen) atoms. The molecule has 1 fully saturated rings. The van der Waals surface area contributed by atoms with Crippen molar-refractivity contribution in [1.29, 1.82) is 0 Å². The van der Waals surface area contributed by atoms with Crippen LogP contribution in [0.15, 0.2) is 35.8 Å². The van der Waals surface area contributed by atoms with Crippen LogP contribution in [0.25, 0.3) is 0 Å². The number of nitrogens with one attached hydrogen (secondary N) is 1. The van der Waals surface area contributed by atoms with Crippen LogP contribution in [0.4, 0.5) is 5.13 Å². The van der Waals surface area contributed by atoms with E-state index >= 15 is 0 Å². The summed E-state index contributed by atoms with van der Waals surface area (Å²) in [5.41, 5.74) is 2.03. The number of rotatable bonds is 6. The molecule has 4 nitrogen and oxygen atoms in total. The monoisotopic (exact) mass is 329 g/mol. The molecule has 122 valence electrons. The third-order valence-electron chi connectivity index (χ3n) is 4.30. The smallest absolute Gasteiger partial charge is 0.251 e. The maximum atomic E-state index is 12.3. The number of aromatic nitrogens is 1. The molecule has 0 saturated carbocycles. The molecule has 1 N–H and O–H groups in total. The molecule has 1 atom stereocenters. The van der Waals surface area contributed by atoms with Gasteiger partial charge in [0.2, 0.25) is 0 Å². The Labute approximate surface area is 141 Å². The number of nitrogens with zero attached hydrogens (tertiary/aromatic N) is 2. The quantitative estimate of drug-likeness (QED) is 0.882. The molecular weight excluding hydrogens is 306 g/mol. The van der Waals surface area contributed by atoms with E-state index in [0.717, 1.165) is 42.9 Å². The highest BCUT2D eigenvalue weighted by Gasteiger charge is 2.26. The van der Waals surface area contributed by atoms with Crippen molar-refractivity contribution >= 4 is 22.4 Å². The maximum absolute atomic E-state index is 12.3. The van der Waals surface area contributed by atoms with Crippen molar-refractivity contribution in [3.8, 4) is 0 Å². The summed E-state index contributed by atoms with van der Waals surface area (Å²) in [6.07, 6.45) is 6.29. The molecule has 0 aliphatic carbocycles. The number of amides is 1. The lowest BCUT2D eigenvalue weighted by Gasteiger charge is -2.24. The second kappa shape index (κ2) is 7.59. The lowest BCUT2D eigenvalue weighted by atomic mass is 10.1. The summed E-state index contributed by atoms with van der Waals surface area (Å²) in [6, 6.07) is 8.30. The van der Waals surface area contributed by atoms with Crippen LogP contribution in [0.2, 0.25) is 0 Å². The molecule has 1 unspecified atom stereocenters. The van der Waals surface area contributed by atoms with E-state index in [1.54, 1.807) is 11.3 Å². The Morgan fingerprint density at radius 2 is 2.22 bits per heavy atom. The van der Waals surface area contributed by atoms with E-state index in [2.05, 4.69) is 34.3 Å². The molecule has 2 aromatic rings. The standard InChI is InChI=1S/C18H23N3OS/c1-2-4-14-6-8-15(9-7-14)17(22)20-13-16-5-3-11-21(16)18-19-10-12-23-18/h6-10,12,16H,2-5,11,13H2,1H3,(H,20,22). The molecule has 1 aromatic carbocycles. The fraction of sp³-hybridized carbons (Fsp3) is 0.444. The van der Waals surface area contributed by atoms with Gasteiger partial charge < -0.3 is 10.2 Å². The molecule has 1 amide bonds. The van der Waals surface area contributed by atoms with Gasteiger partial charge in [-0.05, 0) is 37.0 Å². The summed E-state index contributed by atoms with van der Waals surface area (Å²) >= 11 is 1.66. The van der Waals surface area contributed by atoms with Crippen LogP contribution in [-0.4, -0.2) is 30.0 Å². The topological polar surface area (TPSA) is 45.2 Å². The van der Waals surface area contributed by atoms with E-state index in [-0.39, 0.29) is 5.91 Å². The number of anilines is 1. The van der Waals surface area contributed by atoms with Crippen molar-refractivity contribution in [3.05, 3.63) is 47.0 Å². The van der Waals surface area contributed by atoms with Crippen LogP contribution in [-0.2, 0) is 6.42 Å². The van der Waals surface area contributed by atoms with Gasteiger partial charge in [0.05, 0.1) is 0 Å². The molecular formula is C18H23N3OS. The maximum Gasteiger partial charge on any atom is 0.251 e. The predicted octanol–water partition coefficient (Wildman–Crippen LogP) is 3.49. The van der Waals surface area contributed by atoms with Crippen molar-refractivity contribution in [2.75, 3.05) is 18.0 Å². The largest absolute Gasteiger partial charge is 0.350 e. The van der Waals surface area contributed by atoms with Crippen LogP contribution in [0.1, 0.15) is 42.1 Å². The molecule has 0 radical (unpaired) electrons. The van der Waals surface area contributed by atoms with Crippen molar-refractivity contribution < 1.29 is 4.79 Å². The molecule has 1 aliphatic rings. The number of hydrogen-bond donors (Lipinski definition) is 1. The molecule has 0 spiro atoms. The van der Waals surface area contributed by atoms with Gasteiger partial charge in [-0.1, -0.05) is 25.5 Å². The Morgan fingerprint density at radius 1 is 1.39 bits per heavy atom. The van der Waals surface area contributed by atoms with E-state index in [1.807, 2.05) is 23.7 Å². The van der Waals surface area contributed by atoms with Gasteiger partial charge in [0.25, 0.3) is 5.91 Å². The fourth-order valence-electron chi connectivity index (χ4n) is 3.08. The Kier molecular flexibility index (Phi) is 5.28. The zero-order chi connectivity index (χ0) is 16.1. The Balaban J connectivity index is 1.56. The van der Waals surface area contributed by atoms with Gasteiger partial charge in [0, 0.05) is 36.3 Å². The molecule has 1 aromatic heterocycles. The van der Waals surface area contributed by atoms with Crippen LogP contribution in [0, 0.1) is 0 Å². The van der Waals surface area contributed by atoms with Crippen molar-refractivity contribution in [2.45, 2.75) is 38.6 Å². The second-order valence-corrected chi connectivity index (χ2v) is 6.83. The summed E-state index contributed by atoms with van der Waals surface area (Å²) in [7, 11) is 0. The molecule has 2 heterocycles. The lowest BCUT2D eigenvalue weighted by molar-refractivity contribution is 0.0951. The summed E-state index contributed by atoms with van der Waals surface area (Å²) in [4.78, 5) is 19.0. The molecule has 0 bridgehead atoms. The van der Waals surface area contributed by atoms with E-state index in [9.17, 15) is 4.79 Å². The third-order valence-corrected chi connectivity index (χ3v) is 5.10. The van der Waals surface area contributed by atoms with Crippen LogP contribution >= 0.6 is 11.3 Å². The summed E-state index contributed by atoms with van der Waals surface area (Å²) in [5, 5.41) is 6.14. The average molecular weight is 329 g/mol. The third kappa shape index (κ3) is 3.91. The minimum absolute atomic E-state index is 0.0130.